The second-order valence-corrected chi connectivity index (χ2v) is 11.8. The number of likely N-dealkylation sites (tertiary alicyclic amines) is 2. The topological polar surface area (TPSA) is 26.7 Å². The quantitative estimate of drug-likeness (QED) is 0.672. The molecule has 2 aromatic carbocycles. The number of phenols is 1. The molecule has 2 bridgehead atoms. The Morgan fingerprint density at radius 2 is 1.79 bits per heavy atom. The van der Waals surface area contributed by atoms with Crippen molar-refractivity contribution in [3.05, 3.63) is 65.2 Å². The molecule has 3 heteroatoms. The lowest BCUT2D eigenvalue weighted by atomic mass is 9.59. The Hall–Kier alpha value is -1.84. The van der Waals surface area contributed by atoms with Gasteiger partial charge in [-0.1, -0.05) is 56.7 Å². The lowest BCUT2D eigenvalue weighted by Crippen LogP contribution is -2.58. The Balaban J connectivity index is 1.24. The number of piperidine rings is 2. The first-order valence-electron chi connectivity index (χ1n) is 13.3. The summed E-state index contributed by atoms with van der Waals surface area (Å²) in [5, 5.41) is 10.2. The van der Waals surface area contributed by atoms with Crippen molar-refractivity contribution in [3.63, 3.8) is 0 Å². The van der Waals surface area contributed by atoms with E-state index in [4.69, 9.17) is 0 Å². The van der Waals surface area contributed by atoms with Gasteiger partial charge in [0.2, 0.25) is 0 Å². The van der Waals surface area contributed by atoms with Crippen LogP contribution in [-0.4, -0.2) is 53.7 Å². The molecule has 0 spiro atoms. The van der Waals surface area contributed by atoms with Crippen LogP contribution in [0, 0.1) is 11.8 Å². The third-order valence-corrected chi connectivity index (χ3v) is 10.1. The van der Waals surface area contributed by atoms with Crippen LogP contribution in [0.2, 0.25) is 0 Å². The second-order valence-electron chi connectivity index (χ2n) is 11.8. The van der Waals surface area contributed by atoms with Crippen molar-refractivity contribution >= 4 is 0 Å². The van der Waals surface area contributed by atoms with E-state index in [1.165, 1.54) is 76.0 Å². The van der Waals surface area contributed by atoms with Gasteiger partial charge in [-0.2, -0.15) is 0 Å². The molecule has 2 aromatic rings. The van der Waals surface area contributed by atoms with E-state index in [-0.39, 0.29) is 5.41 Å². The fourth-order valence-corrected chi connectivity index (χ4v) is 7.75. The van der Waals surface area contributed by atoms with E-state index in [0.717, 1.165) is 12.3 Å². The highest BCUT2D eigenvalue weighted by Crippen LogP contribution is 2.57. The van der Waals surface area contributed by atoms with Crippen molar-refractivity contribution in [2.45, 2.75) is 69.2 Å². The minimum atomic E-state index is 0.182. The van der Waals surface area contributed by atoms with Crippen LogP contribution in [0.3, 0.4) is 0 Å². The molecule has 2 saturated heterocycles. The van der Waals surface area contributed by atoms with E-state index in [1.54, 1.807) is 5.56 Å². The zero-order valence-corrected chi connectivity index (χ0v) is 20.5. The SMILES string of the molecule is C[C@H]1C2Cc3ccc(O)cc3[C@]1(C)CCN2C[C@@H]1C[C@@]1(CN1CCCCC1)c1ccccc1. The fourth-order valence-electron chi connectivity index (χ4n) is 7.75. The lowest BCUT2D eigenvalue weighted by molar-refractivity contribution is 0.0261. The molecule has 4 aliphatic rings. The summed E-state index contributed by atoms with van der Waals surface area (Å²) in [6.07, 6.45) is 7.81. The van der Waals surface area contributed by atoms with Crippen LogP contribution >= 0.6 is 0 Å². The molecule has 33 heavy (non-hydrogen) atoms. The van der Waals surface area contributed by atoms with E-state index in [0.29, 0.717) is 23.1 Å². The van der Waals surface area contributed by atoms with Gasteiger partial charge >= 0.3 is 0 Å². The molecule has 2 aliphatic carbocycles. The van der Waals surface area contributed by atoms with Crippen LogP contribution in [0.15, 0.2) is 48.5 Å². The van der Waals surface area contributed by atoms with Crippen molar-refractivity contribution in [1.82, 2.24) is 9.80 Å². The summed E-state index contributed by atoms with van der Waals surface area (Å²) in [5.41, 5.74) is 4.96. The number of nitrogens with zero attached hydrogens (tertiary/aromatic N) is 2. The Morgan fingerprint density at radius 3 is 2.58 bits per heavy atom. The van der Waals surface area contributed by atoms with Gasteiger partial charge in [0.25, 0.3) is 0 Å². The van der Waals surface area contributed by atoms with Gasteiger partial charge in [-0.25, -0.2) is 0 Å². The van der Waals surface area contributed by atoms with Crippen molar-refractivity contribution in [2.75, 3.05) is 32.7 Å². The third-order valence-electron chi connectivity index (χ3n) is 10.1. The number of benzene rings is 2. The summed E-state index contributed by atoms with van der Waals surface area (Å²) >= 11 is 0. The maximum absolute atomic E-state index is 10.2. The molecule has 1 saturated carbocycles. The number of phenolic OH excluding ortho intramolecular Hbond substituents is 1. The lowest BCUT2D eigenvalue weighted by Gasteiger charge is -2.55. The van der Waals surface area contributed by atoms with E-state index in [2.05, 4.69) is 66.1 Å². The van der Waals surface area contributed by atoms with Crippen LogP contribution in [0.5, 0.6) is 5.75 Å². The third kappa shape index (κ3) is 3.63. The molecule has 6 rings (SSSR count). The largest absolute Gasteiger partial charge is 0.508 e. The van der Waals surface area contributed by atoms with Crippen molar-refractivity contribution < 1.29 is 5.11 Å². The number of fused-ring (bicyclic) bond motifs is 4. The summed E-state index contributed by atoms with van der Waals surface area (Å²) in [4.78, 5) is 5.61. The highest BCUT2D eigenvalue weighted by atomic mass is 16.3. The predicted molar refractivity (Wildman–Crippen MR) is 135 cm³/mol. The summed E-state index contributed by atoms with van der Waals surface area (Å²) in [6.45, 7) is 11.2. The summed E-state index contributed by atoms with van der Waals surface area (Å²) in [7, 11) is 0. The summed E-state index contributed by atoms with van der Waals surface area (Å²) in [5.74, 6) is 1.80. The van der Waals surface area contributed by atoms with Gasteiger partial charge in [0, 0.05) is 24.5 Å². The highest BCUT2D eigenvalue weighted by Gasteiger charge is 2.57. The molecule has 176 valence electrons. The Bertz CT molecular complexity index is 1000. The maximum atomic E-state index is 10.2. The predicted octanol–water partition coefficient (Wildman–Crippen LogP) is 5.36. The molecule has 1 N–H and O–H groups in total. The Kier molecular flexibility index (Phi) is 5.34. The average molecular weight is 445 g/mol. The molecule has 2 heterocycles. The van der Waals surface area contributed by atoms with Crippen LogP contribution in [0.4, 0.5) is 0 Å². The molecule has 0 amide bonds. The summed E-state index contributed by atoms with van der Waals surface area (Å²) in [6, 6.07) is 18.2. The van der Waals surface area contributed by atoms with E-state index < -0.39 is 0 Å². The van der Waals surface area contributed by atoms with Crippen molar-refractivity contribution in [2.24, 2.45) is 11.8 Å². The highest BCUT2D eigenvalue weighted by molar-refractivity contribution is 5.44. The first-order valence-corrected chi connectivity index (χ1v) is 13.3. The number of aromatic hydroxyl groups is 1. The monoisotopic (exact) mass is 444 g/mol. The Labute approximate surface area is 199 Å². The Morgan fingerprint density at radius 1 is 1.00 bits per heavy atom. The van der Waals surface area contributed by atoms with Gasteiger partial charge in [0.1, 0.15) is 5.75 Å². The van der Waals surface area contributed by atoms with Gasteiger partial charge < -0.3 is 10.0 Å². The molecule has 2 aliphatic heterocycles. The van der Waals surface area contributed by atoms with E-state index in [9.17, 15) is 5.11 Å². The van der Waals surface area contributed by atoms with E-state index in [1.807, 2.05) is 6.07 Å². The fraction of sp³-hybridized carbons (Fsp3) is 0.600. The number of hydrogen-bond donors (Lipinski definition) is 1. The maximum Gasteiger partial charge on any atom is 0.115 e. The minimum Gasteiger partial charge on any atom is -0.508 e. The van der Waals surface area contributed by atoms with Crippen LogP contribution < -0.4 is 0 Å². The van der Waals surface area contributed by atoms with Gasteiger partial charge in [-0.05, 0) is 97.8 Å². The molecule has 0 aromatic heterocycles. The van der Waals surface area contributed by atoms with Crippen LogP contribution in [0.1, 0.15) is 62.6 Å². The molecule has 0 radical (unpaired) electrons. The number of rotatable bonds is 5. The first-order chi connectivity index (χ1) is 16.0. The molecular formula is C30H40N2O. The first kappa shape index (κ1) is 21.7. The number of hydrogen-bond acceptors (Lipinski definition) is 3. The molecule has 3 nitrogen and oxygen atoms in total. The second kappa shape index (κ2) is 8.13. The summed E-state index contributed by atoms with van der Waals surface area (Å²) < 4.78 is 0. The van der Waals surface area contributed by atoms with E-state index >= 15 is 0 Å². The molecule has 3 fully saturated rings. The average Bonchev–Trinajstić information content (AvgIpc) is 3.53. The van der Waals surface area contributed by atoms with Crippen molar-refractivity contribution in [1.29, 1.82) is 0 Å². The van der Waals surface area contributed by atoms with Crippen LogP contribution in [0.25, 0.3) is 0 Å². The van der Waals surface area contributed by atoms with Gasteiger partial charge in [0.15, 0.2) is 0 Å². The van der Waals surface area contributed by atoms with Crippen LogP contribution in [-0.2, 0) is 17.3 Å². The normalized spacial score (nSPS) is 36.4. The van der Waals surface area contributed by atoms with Crippen molar-refractivity contribution in [3.8, 4) is 5.75 Å². The molecule has 5 atom stereocenters. The van der Waals surface area contributed by atoms with Gasteiger partial charge in [0.05, 0.1) is 0 Å². The van der Waals surface area contributed by atoms with Gasteiger partial charge in [-0.3, -0.25) is 4.90 Å². The zero-order chi connectivity index (χ0) is 22.6. The van der Waals surface area contributed by atoms with Gasteiger partial charge in [-0.15, -0.1) is 0 Å². The standard InChI is InChI=1S/C30H40N2O/c1-22-28-17-23-11-12-26(33)18-27(23)29(22,2)13-16-32(28)20-25-19-30(25,24-9-5-3-6-10-24)21-31-14-7-4-8-15-31/h3,5-6,9-12,18,22,25,28,33H,4,7-8,13-17,19-21H2,1-2H3/t22-,25-,28?,29+,30+/m0/s1. The minimum absolute atomic E-state index is 0.182. The molecule has 1 unspecified atom stereocenters. The molecular weight excluding hydrogens is 404 g/mol. The zero-order valence-electron chi connectivity index (χ0n) is 20.5. The smallest absolute Gasteiger partial charge is 0.115 e.